The predicted octanol–water partition coefficient (Wildman–Crippen LogP) is 2.20. The molecule has 0 aromatic rings. The number of thioether (sulfide) groups is 1. The maximum absolute atomic E-state index is 12.4. The van der Waals surface area contributed by atoms with Crippen molar-refractivity contribution in [2.45, 2.75) is 45.4 Å². The van der Waals surface area contributed by atoms with Crippen LogP contribution in [0.3, 0.4) is 0 Å². The predicted molar refractivity (Wildman–Crippen MR) is 87.2 cm³/mol. The van der Waals surface area contributed by atoms with E-state index in [-0.39, 0.29) is 0 Å². The first-order valence-electron chi connectivity index (χ1n) is 6.71. The molecule has 26 heavy (non-hydrogen) atoms. The standard InChI is InChI=1S/C11H11Cl3F3NO6S2/c1-9(2)5(8(20)23-3-10(12,13)14)18-6(19)4(7(18)25-9)24-26(21,22)11(15,16)17/h4-5,7H,3H2,1-2H3/t4-,5+,7-/m1/s1. The van der Waals surface area contributed by atoms with Crippen LogP contribution in [0.2, 0.25) is 0 Å². The molecule has 0 spiro atoms. The number of nitrogens with zero attached hydrogens (tertiary/aromatic N) is 1. The van der Waals surface area contributed by atoms with Crippen LogP contribution in [0.1, 0.15) is 13.8 Å². The van der Waals surface area contributed by atoms with Crippen molar-refractivity contribution in [3.05, 3.63) is 0 Å². The van der Waals surface area contributed by atoms with Gasteiger partial charge in [-0.25, -0.2) is 8.98 Å². The molecule has 3 atom stereocenters. The number of β-lactam (4-membered cyclic amide) rings is 1. The van der Waals surface area contributed by atoms with Gasteiger partial charge in [0.2, 0.25) is 3.79 Å². The van der Waals surface area contributed by atoms with Gasteiger partial charge in [-0.05, 0) is 13.8 Å². The number of carbonyl (C=O) groups is 2. The Bertz CT molecular complexity index is 724. The topological polar surface area (TPSA) is 90.0 Å². The first-order valence-corrected chi connectivity index (χ1v) is 10.1. The van der Waals surface area contributed by atoms with Gasteiger partial charge in [0, 0.05) is 4.75 Å². The van der Waals surface area contributed by atoms with E-state index in [4.69, 9.17) is 39.5 Å². The molecular formula is C11H11Cl3F3NO6S2. The van der Waals surface area contributed by atoms with Gasteiger partial charge in [0.25, 0.3) is 5.91 Å². The van der Waals surface area contributed by atoms with Crippen molar-refractivity contribution in [1.29, 1.82) is 0 Å². The van der Waals surface area contributed by atoms with Gasteiger partial charge in [0.15, 0.2) is 6.10 Å². The lowest BCUT2D eigenvalue weighted by molar-refractivity contribution is -0.170. The van der Waals surface area contributed by atoms with Gasteiger partial charge in [0.1, 0.15) is 18.0 Å². The number of hydrogen-bond acceptors (Lipinski definition) is 7. The quantitative estimate of drug-likeness (QED) is 0.200. The van der Waals surface area contributed by atoms with Crippen molar-refractivity contribution in [3.63, 3.8) is 0 Å². The van der Waals surface area contributed by atoms with E-state index in [1.165, 1.54) is 13.8 Å². The molecule has 2 aliphatic rings. The highest BCUT2D eigenvalue weighted by Crippen LogP contribution is 2.52. The molecule has 2 saturated heterocycles. The summed E-state index contributed by atoms with van der Waals surface area (Å²) in [5.41, 5.74) is -5.67. The zero-order valence-electron chi connectivity index (χ0n) is 12.9. The van der Waals surface area contributed by atoms with Crippen LogP contribution in [0.4, 0.5) is 13.2 Å². The third-order valence-corrected chi connectivity index (χ3v) is 6.41. The molecule has 15 heteroatoms. The zero-order chi connectivity index (χ0) is 20.3. The second kappa shape index (κ2) is 6.73. The van der Waals surface area contributed by atoms with Crippen molar-refractivity contribution in [2.24, 2.45) is 0 Å². The summed E-state index contributed by atoms with van der Waals surface area (Å²) in [6.07, 6.45) is -1.89. The lowest BCUT2D eigenvalue weighted by Crippen LogP contribution is -2.67. The average Bonchev–Trinajstić information content (AvgIpc) is 2.69. The van der Waals surface area contributed by atoms with E-state index in [2.05, 4.69) is 4.18 Å². The van der Waals surface area contributed by atoms with Gasteiger partial charge in [0.05, 0.1) is 0 Å². The maximum atomic E-state index is 12.4. The zero-order valence-corrected chi connectivity index (χ0v) is 16.8. The van der Waals surface area contributed by atoms with Gasteiger partial charge in [-0.1, -0.05) is 34.8 Å². The van der Waals surface area contributed by atoms with Crippen molar-refractivity contribution >= 4 is 68.6 Å². The van der Waals surface area contributed by atoms with Gasteiger partial charge in [-0.15, -0.1) is 11.8 Å². The first kappa shape index (κ1) is 22.2. The average molecular weight is 481 g/mol. The summed E-state index contributed by atoms with van der Waals surface area (Å²) in [7, 11) is -5.96. The first-order chi connectivity index (χ1) is 11.5. The molecule has 0 unspecified atom stereocenters. The Morgan fingerprint density at radius 2 is 1.85 bits per heavy atom. The lowest BCUT2D eigenvalue weighted by Gasteiger charge is -2.42. The number of rotatable bonds is 4. The number of carbonyl (C=O) groups excluding carboxylic acids is 2. The highest BCUT2D eigenvalue weighted by atomic mass is 35.6. The molecule has 0 N–H and O–H groups in total. The summed E-state index contributed by atoms with van der Waals surface area (Å²) < 4.78 is 65.5. The minimum Gasteiger partial charge on any atom is -0.460 e. The monoisotopic (exact) mass is 479 g/mol. The van der Waals surface area contributed by atoms with E-state index in [9.17, 15) is 31.2 Å². The third kappa shape index (κ3) is 4.14. The molecule has 0 aromatic carbocycles. The van der Waals surface area contributed by atoms with Crippen LogP contribution in [-0.4, -0.2) is 63.4 Å². The summed E-state index contributed by atoms with van der Waals surface area (Å²) in [6.45, 7) is 2.45. The second-order valence-electron chi connectivity index (χ2n) is 5.90. The number of ether oxygens (including phenoxy) is 1. The van der Waals surface area contributed by atoms with E-state index in [1.807, 2.05) is 0 Å². The van der Waals surface area contributed by atoms with Gasteiger partial charge >= 0.3 is 21.6 Å². The molecule has 0 saturated carbocycles. The maximum Gasteiger partial charge on any atom is 0.523 e. The van der Waals surface area contributed by atoms with E-state index < -0.39 is 60.2 Å². The molecule has 7 nitrogen and oxygen atoms in total. The minimum atomic E-state index is -5.96. The SMILES string of the molecule is CC1(C)S[C@@H]2[C@H](OS(=O)(=O)C(F)(F)F)C(=O)N2[C@H]1C(=O)OCC(Cl)(Cl)Cl. The molecule has 2 heterocycles. The highest BCUT2D eigenvalue weighted by Gasteiger charge is 2.67. The largest absolute Gasteiger partial charge is 0.523 e. The fraction of sp³-hybridized carbons (Fsp3) is 0.818. The summed E-state index contributed by atoms with van der Waals surface area (Å²) in [6, 6.07) is -1.22. The van der Waals surface area contributed by atoms with Crippen molar-refractivity contribution in [3.8, 4) is 0 Å². The Labute approximate surface area is 165 Å². The van der Waals surface area contributed by atoms with E-state index >= 15 is 0 Å². The van der Waals surface area contributed by atoms with Crippen molar-refractivity contribution in [2.75, 3.05) is 6.61 Å². The number of hydrogen-bond donors (Lipinski definition) is 0. The van der Waals surface area contributed by atoms with Crippen LogP contribution >= 0.6 is 46.6 Å². The van der Waals surface area contributed by atoms with E-state index in [1.54, 1.807) is 0 Å². The van der Waals surface area contributed by atoms with Crippen LogP contribution < -0.4 is 0 Å². The van der Waals surface area contributed by atoms with Crippen molar-refractivity contribution < 1.29 is 40.1 Å². The molecule has 2 fully saturated rings. The summed E-state index contributed by atoms with van der Waals surface area (Å²) in [4.78, 5) is 25.3. The fourth-order valence-corrected chi connectivity index (χ4v) is 4.87. The van der Waals surface area contributed by atoms with E-state index in [0.29, 0.717) is 0 Å². The van der Waals surface area contributed by atoms with Crippen molar-refractivity contribution in [1.82, 2.24) is 4.90 Å². The Balaban J connectivity index is 2.16. The van der Waals surface area contributed by atoms with Crippen LogP contribution in [0.15, 0.2) is 0 Å². The van der Waals surface area contributed by atoms with Crippen LogP contribution in [0.25, 0.3) is 0 Å². The number of halogens is 6. The molecule has 0 aliphatic carbocycles. The molecule has 0 bridgehead atoms. The number of alkyl halides is 6. The molecule has 150 valence electrons. The molecular weight excluding hydrogens is 470 g/mol. The van der Waals surface area contributed by atoms with Gasteiger partial charge < -0.3 is 9.64 Å². The normalized spacial score (nSPS) is 28.5. The number of fused-ring (bicyclic) bond motifs is 1. The second-order valence-corrected chi connectivity index (χ2v) is 11.8. The number of esters is 1. The Morgan fingerprint density at radius 1 is 1.31 bits per heavy atom. The minimum absolute atomic E-state index is 0.608. The lowest BCUT2D eigenvalue weighted by atomic mass is 9.97. The van der Waals surface area contributed by atoms with Crippen LogP contribution in [0.5, 0.6) is 0 Å². The van der Waals surface area contributed by atoms with Gasteiger partial charge in [-0.3, -0.25) is 4.79 Å². The van der Waals surface area contributed by atoms with Gasteiger partial charge in [-0.2, -0.15) is 21.6 Å². The third-order valence-electron chi connectivity index (χ3n) is 3.51. The number of amides is 1. The summed E-state index contributed by atoms with van der Waals surface area (Å²) in [5, 5.41) is -1.11. The van der Waals surface area contributed by atoms with E-state index in [0.717, 1.165) is 16.7 Å². The fourth-order valence-electron chi connectivity index (χ4n) is 2.47. The Kier molecular flexibility index (Phi) is 5.73. The molecule has 2 rings (SSSR count). The highest BCUT2D eigenvalue weighted by molar-refractivity contribution is 8.01. The smallest absolute Gasteiger partial charge is 0.460 e. The van der Waals surface area contributed by atoms with Crippen LogP contribution in [-0.2, 0) is 28.6 Å². The summed E-state index contributed by atoms with van der Waals surface area (Å²) >= 11 is 17.3. The Hall–Kier alpha value is -0.140. The summed E-state index contributed by atoms with van der Waals surface area (Å²) in [5.74, 6) is -2.03. The molecule has 0 aromatic heterocycles. The van der Waals surface area contributed by atoms with Crippen LogP contribution in [0, 0.1) is 0 Å². The molecule has 1 amide bonds. The Morgan fingerprint density at radius 3 is 2.31 bits per heavy atom. The molecule has 2 aliphatic heterocycles. The molecule has 0 radical (unpaired) electrons.